The van der Waals surface area contributed by atoms with Crippen molar-refractivity contribution in [3.63, 3.8) is 0 Å². The van der Waals surface area contributed by atoms with Crippen molar-refractivity contribution >= 4 is 16.3 Å². The van der Waals surface area contributed by atoms with Crippen LogP contribution in [0.25, 0.3) is 4.96 Å². The lowest BCUT2D eigenvalue weighted by atomic mass is 10.0. The first-order chi connectivity index (χ1) is 9.56. The normalized spacial score (nSPS) is 18.1. The fraction of sp³-hybridized carbons (Fsp3) is 0.571. The van der Waals surface area contributed by atoms with Crippen molar-refractivity contribution in [2.45, 2.75) is 37.8 Å². The highest BCUT2D eigenvalue weighted by Gasteiger charge is 2.32. The predicted octanol–water partition coefficient (Wildman–Crippen LogP) is 1.49. The quantitative estimate of drug-likeness (QED) is 0.928. The van der Waals surface area contributed by atoms with Crippen LogP contribution in [0, 0.1) is 0 Å². The van der Waals surface area contributed by atoms with Crippen molar-refractivity contribution in [1.29, 1.82) is 0 Å². The average molecular weight is 293 g/mol. The number of hydrogen-bond acceptors (Lipinski definition) is 5. The summed E-state index contributed by atoms with van der Waals surface area (Å²) < 4.78 is 1.55. The number of nitrogens with zero attached hydrogens (tertiary/aromatic N) is 3. The first-order valence-electron chi connectivity index (χ1n) is 6.92. The van der Waals surface area contributed by atoms with Crippen LogP contribution in [0.2, 0.25) is 0 Å². The molecule has 108 valence electrons. The standard InChI is InChI=1S/C14H19N3O2S/c1-16(10-14(19)4-2-3-5-14)9-11-8-12(18)17-6-7-20-13(17)15-11/h6-8,19H,2-5,9-10H2,1H3. The minimum atomic E-state index is -0.559. The third-order valence-corrected chi connectivity index (χ3v) is 4.64. The topological polar surface area (TPSA) is 57.8 Å². The van der Waals surface area contributed by atoms with E-state index in [0.29, 0.717) is 13.1 Å². The van der Waals surface area contributed by atoms with Crippen LogP contribution in [0.15, 0.2) is 22.4 Å². The van der Waals surface area contributed by atoms with Crippen LogP contribution in [0.3, 0.4) is 0 Å². The third kappa shape index (κ3) is 2.77. The van der Waals surface area contributed by atoms with Crippen LogP contribution in [0.1, 0.15) is 31.4 Å². The Labute approximate surface area is 121 Å². The van der Waals surface area contributed by atoms with E-state index in [-0.39, 0.29) is 5.56 Å². The number of aliphatic hydroxyl groups is 1. The maximum atomic E-state index is 11.9. The van der Waals surface area contributed by atoms with Gasteiger partial charge in [-0.15, -0.1) is 11.3 Å². The van der Waals surface area contributed by atoms with Crippen molar-refractivity contribution in [3.05, 3.63) is 33.7 Å². The van der Waals surface area contributed by atoms with Crippen LogP contribution < -0.4 is 5.56 Å². The maximum Gasteiger partial charge on any atom is 0.258 e. The van der Waals surface area contributed by atoms with Crippen LogP contribution in [0.4, 0.5) is 0 Å². The van der Waals surface area contributed by atoms with E-state index in [2.05, 4.69) is 9.88 Å². The van der Waals surface area contributed by atoms with Crippen LogP contribution >= 0.6 is 11.3 Å². The summed E-state index contributed by atoms with van der Waals surface area (Å²) in [7, 11) is 1.97. The molecule has 3 rings (SSSR count). The van der Waals surface area contributed by atoms with Crippen molar-refractivity contribution in [1.82, 2.24) is 14.3 Å². The Morgan fingerprint density at radius 3 is 3.00 bits per heavy atom. The summed E-state index contributed by atoms with van der Waals surface area (Å²) in [6.45, 7) is 1.23. The highest BCUT2D eigenvalue weighted by atomic mass is 32.1. The van der Waals surface area contributed by atoms with Gasteiger partial charge in [0.1, 0.15) is 0 Å². The fourth-order valence-corrected chi connectivity index (χ4v) is 3.73. The Bertz CT molecular complexity index is 658. The third-order valence-electron chi connectivity index (χ3n) is 3.89. The van der Waals surface area contributed by atoms with Crippen molar-refractivity contribution in [2.24, 2.45) is 0 Å². The Kier molecular flexibility index (Phi) is 3.62. The van der Waals surface area contributed by atoms with Crippen molar-refractivity contribution in [2.75, 3.05) is 13.6 Å². The van der Waals surface area contributed by atoms with Gasteiger partial charge in [-0.25, -0.2) is 4.98 Å². The molecule has 20 heavy (non-hydrogen) atoms. The summed E-state index contributed by atoms with van der Waals surface area (Å²) in [5.41, 5.74) is 0.164. The molecule has 6 heteroatoms. The smallest absolute Gasteiger partial charge is 0.258 e. The van der Waals surface area contributed by atoms with Crippen LogP contribution in [0.5, 0.6) is 0 Å². The molecule has 0 aromatic carbocycles. The van der Waals surface area contributed by atoms with E-state index >= 15 is 0 Å². The number of aromatic nitrogens is 2. The van der Waals surface area contributed by atoms with E-state index in [1.165, 1.54) is 11.3 Å². The SMILES string of the molecule is CN(Cc1cc(=O)n2ccsc2n1)CC1(O)CCCC1. The van der Waals surface area contributed by atoms with Gasteiger partial charge in [0.05, 0.1) is 11.3 Å². The molecule has 0 unspecified atom stereocenters. The lowest BCUT2D eigenvalue weighted by Gasteiger charge is -2.28. The Hall–Kier alpha value is -1.24. The number of fused-ring (bicyclic) bond motifs is 1. The first-order valence-corrected chi connectivity index (χ1v) is 7.80. The van der Waals surface area contributed by atoms with Crippen molar-refractivity contribution in [3.8, 4) is 0 Å². The van der Waals surface area contributed by atoms with Gasteiger partial charge in [0.25, 0.3) is 5.56 Å². The summed E-state index contributed by atoms with van der Waals surface area (Å²) in [5.74, 6) is 0. The van der Waals surface area contributed by atoms with Gasteiger partial charge in [-0.2, -0.15) is 0 Å². The molecule has 0 saturated heterocycles. The van der Waals surface area contributed by atoms with E-state index in [1.807, 2.05) is 12.4 Å². The molecule has 0 amide bonds. The van der Waals surface area contributed by atoms with Gasteiger partial charge in [-0.05, 0) is 19.9 Å². The number of hydrogen-bond donors (Lipinski definition) is 1. The van der Waals surface area contributed by atoms with Gasteiger partial charge in [0.2, 0.25) is 0 Å². The molecule has 1 fully saturated rings. The molecular formula is C14H19N3O2S. The molecule has 5 nitrogen and oxygen atoms in total. The number of rotatable bonds is 4. The molecule has 1 aliphatic rings. The van der Waals surface area contributed by atoms with Gasteiger partial charge in [-0.3, -0.25) is 14.1 Å². The lowest BCUT2D eigenvalue weighted by Crippen LogP contribution is -2.39. The molecule has 0 atom stereocenters. The number of thiazole rings is 1. The molecule has 1 aliphatic carbocycles. The van der Waals surface area contributed by atoms with E-state index in [1.54, 1.807) is 16.7 Å². The second kappa shape index (κ2) is 5.27. The number of likely N-dealkylation sites (N-methyl/N-ethyl adjacent to an activating group) is 1. The molecule has 0 bridgehead atoms. The molecule has 0 radical (unpaired) electrons. The summed E-state index contributed by atoms with van der Waals surface area (Å²) in [6, 6.07) is 1.58. The Balaban J connectivity index is 1.73. The van der Waals surface area contributed by atoms with Crippen LogP contribution in [-0.2, 0) is 6.54 Å². The van der Waals surface area contributed by atoms with Crippen LogP contribution in [-0.4, -0.2) is 38.6 Å². The molecule has 0 aliphatic heterocycles. The molecule has 0 spiro atoms. The van der Waals surface area contributed by atoms with Gasteiger partial charge in [-0.1, -0.05) is 12.8 Å². The molecule has 2 aromatic heterocycles. The van der Waals surface area contributed by atoms with Gasteiger partial charge in [0, 0.05) is 30.7 Å². The average Bonchev–Trinajstić information content (AvgIpc) is 2.98. The highest BCUT2D eigenvalue weighted by Crippen LogP contribution is 2.30. The summed E-state index contributed by atoms with van der Waals surface area (Å²) >= 11 is 1.46. The van der Waals surface area contributed by atoms with E-state index in [4.69, 9.17) is 0 Å². The maximum absolute atomic E-state index is 11.9. The lowest BCUT2D eigenvalue weighted by molar-refractivity contribution is 0.0143. The highest BCUT2D eigenvalue weighted by molar-refractivity contribution is 7.15. The molecule has 1 saturated carbocycles. The minimum absolute atomic E-state index is 0.0424. The van der Waals surface area contributed by atoms with E-state index in [0.717, 1.165) is 36.3 Å². The minimum Gasteiger partial charge on any atom is -0.389 e. The van der Waals surface area contributed by atoms with Gasteiger partial charge in [0.15, 0.2) is 4.96 Å². The van der Waals surface area contributed by atoms with E-state index < -0.39 is 5.60 Å². The second-order valence-corrected chi connectivity index (χ2v) is 6.62. The molecule has 2 aromatic rings. The monoisotopic (exact) mass is 293 g/mol. The summed E-state index contributed by atoms with van der Waals surface area (Å²) in [4.78, 5) is 19.2. The van der Waals surface area contributed by atoms with E-state index in [9.17, 15) is 9.90 Å². The molecular weight excluding hydrogens is 274 g/mol. The van der Waals surface area contributed by atoms with Gasteiger partial charge >= 0.3 is 0 Å². The zero-order valence-corrected chi connectivity index (χ0v) is 12.4. The zero-order chi connectivity index (χ0) is 14.2. The zero-order valence-electron chi connectivity index (χ0n) is 11.6. The molecule has 1 N–H and O–H groups in total. The summed E-state index contributed by atoms with van der Waals surface area (Å²) in [5, 5.41) is 12.3. The molecule has 2 heterocycles. The first kappa shape index (κ1) is 13.7. The van der Waals surface area contributed by atoms with Crippen molar-refractivity contribution < 1.29 is 5.11 Å². The largest absolute Gasteiger partial charge is 0.389 e. The Morgan fingerprint density at radius 2 is 2.25 bits per heavy atom. The second-order valence-electron chi connectivity index (χ2n) is 5.75. The van der Waals surface area contributed by atoms with Gasteiger partial charge < -0.3 is 5.11 Å². The Morgan fingerprint density at radius 1 is 1.50 bits per heavy atom. The summed E-state index contributed by atoms with van der Waals surface area (Å²) in [6.07, 6.45) is 5.69. The predicted molar refractivity (Wildman–Crippen MR) is 79.1 cm³/mol. The fourth-order valence-electron chi connectivity index (χ4n) is 2.99.